The Morgan fingerprint density at radius 3 is 2.15 bits per heavy atom. The Balaban J connectivity index is 2.94. The SMILES string of the molecule is CC(C)(C)C1(C(F)F)CN=C(N)C1. The molecule has 0 amide bonds. The summed E-state index contributed by atoms with van der Waals surface area (Å²) in [5.74, 6) is 0.357. The number of halogens is 2. The third-order valence-electron chi connectivity index (χ3n) is 2.97. The van der Waals surface area contributed by atoms with E-state index in [2.05, 4.69) is 4.99 Å². The largest absolute Gasteiger partial charge is 0.387 e. The summed E-state index contributed by atoms with van der Waals surface area (Å²) >= 11 is 0. The Morgan fingerprint density at radius 1 is 1.46 bits per heavy atom. The third kappa shape index (κ3) is 1.54. The van der Waals surface area contributed by atoms with Gasteiger partial charge in [-0.15, -0.1) is 0 Å². The lowest BCUT2D eigenvalue weighted by Gasteiger charge is -2.40. The predicted octanol–water partition coefficient (Wildman–Crippen LogP) is 2.04. The molecule has 76 valence electrons. The maximum absolute atomic E-state index is 12.9. The number of amidine groups is 1. The summed E-state index contributed by atoms with van der Waals surface area (Å²) in [4.78, 5) is 3.89. The van der Waals surface area contributed by atoms with Gasteiger partial charge in [0.15, 0.2) is 0 Å². The van der Waals surface area contributed by atoms with E-state index in [4.69, 9.17) is 5.73 Å². The van der Waals surface area contributed by atoms with Crippen molar-refractivity contribution >= 4 is 5.84 Å². The molecule has 1 rings (SSSR count). The Kier molecular flexibility index (Phi) is 2.34. The maximum atomic E-state index is 12.9. The lowest BCUT2D eigenvalue weighted by atomic mass is 9.65. The molecule has 1 atom stereocenters. The second kappa shape index (κ2) is 2.93. The van der Waals surface area contributed by atoms with Crippen LogP contribution in [0.25, 0.3) is 0 Å². The van der Waals surface area contributed by atoms with Crippen LogP contribution >= 0.6 is 0 Å². The number of hydrogen-bond donors (Lipinski definition) is 1. The van der Waals surface area contributed by atoms with E-state index < -0.39 is 17.3 Å². The van der Waals surface area contributed by atoms with Crippen LogP contribution < -0.4 is 5.73 Å². The highest BCUT2D eigenvalue weighted by Gasteiger charge is 2.52. The number of hydrogen-bond acceptors (Lipinski definition) is 2. The van der Waals surface area contributed by atoms with Crippen molar-refractivity contribution in [2.45, 2.75) is 33.6 Å². The van der Waals surface area contributed by atoms with Gasteiger partial charge in [0.1, 0.15) is 0 Å². The fraction of sp³-hybridized carbons (Fsp3) is 0.889. The molecule has 0 aromatic carbocycles. The minimum absolute atomic E-state index is 0.153. The van der Waals surface area contributed by atoms with Crippen molar-refractivity contribution in [3.63, 3.8) is 0 Å². The standard InChI is InChI=1S/C9H16F2N2/c1-8(2,3)9(7(10)11)4-6(12)13-5-9/h7H,4-5H2,1-3H3,(H2,12,13). The van der Waals surface area contributed by atoms with E-state index in [0.29, 0.717) is 5.84 Å². The molecule has 1 aliphatic heterocycles. The van der Waals surface area contributed by atoms with Crippen LogP contribution in [0, 0.1) is 10.8 Å². The van der Waals surface area contributed by atoms with Gasteiger partial charge in [-0.1, -0.05) is 20.8 Å². The van der Waals surface area contributed by atoms with Gasteiger partial charge >= 0.3 is 0 Å². The van der Waals surface area contributed by atoms with Crippen molar-refractivity contribution in [3.05, 3.63) is 0 Å². The molecule has 0 aromatic heterocycles. The summed E-state index contributed by atoms with van der Waals surface area (Å²) in [5.41, 5.74) is 3.94. The van der Waals surface area contributed by atoms with E-state index in [0.717, 1.165) is 0 Å². The Labute approximate surface area is 77.2 Å². The van der Waals surface area contributed by atoms with E-state index in [9.17, 15) is 8.78 Å². The number of nitrogens with zero attached hydrogens (tertiary/aromatic N) is 1. The number of rotatable bonds is 1. The molecule has 13 heavy (non-hydrogen) atoms. The van der Waals surface area contributed by atoms with Gasteiger partial charge in [0, 0.05) is 6.42 Å². The van der Waals surface area contributed by atoms with E-state index in [1.807, 2.05) is 20.8 Å². The molecule has 0 spiro atoms. The molecule has 2 nitrogen and oxygen atoms in total. The monoisotopic (exact) mass is 190 g/mol. The maximum Gasteiger partial charge on any atom is 0.246 e. The first-order valence-electron chi connectivity index (χ1n) is 4.36. The smallest absolute Gasteiger partial charge is 0.246 e. The van der Waals surface area contributed by atoms with Crippen LogP contribution in [-0.4, -0.2) is 18.8 Å². The van der Waals surface area contributed by atoms with Crippen LogP contribution in [0.15, 0.2) is 4.99 Å². The average Bonchev–Trinajstić information content (AvgIpc) is 2.30. The molecule has 0 aromatic rings. The fourth-order valence-corrected chi connectivity index (χ4v) is 1.65. The average molecular weight is 190 g/mol. The van der Waals surface area contributed by atoms with Gasteiger partial charge in [-0.2, -0.15) is 0 Å². The zero-order valence-electron chi connectivity index (χ0n) is 8.27. The molecular weight excluding hydrogens is 174 g/mol. The molecule has 0 aliphatic carbocycles. The summed E-state index contributed by atoms with van der Waals surface area (Å²) in [6.07, 6.45) is -2.15. The highest BCUT2D eigenvalue weighted by Crippen LogP contribution is 2.48. The van der Waals surface area contributed by atoms with Crippen molar-refractivity contribution in [1.29, 1.82) is 0 Å². The minimum Gasteiger partial charge on any atom is -0.387 e. The quantitative estimate of drug-likeness (QED) is 0.675. The molecule has 0 bridgehead atoms. The van der Waals surface area contributed by atoms with E-state index >= 15 is 0 Å². The molecule has 0 saturated carbocycles. The van der Waals surface area contributed by atoms with Crippen LogP contribution in [0.3, 0.4) is 0 Å². The number of nitrogens with two attached hydrogens (primary N) is 1. The number of aliphatic imine (C=N–C) groups is 1. The van der Waals surface area contributed by atoms with Gasteiger partial charge < -0.3 is 5.73 Å². The third-order valence-corrected chi connectivity index (χ3v) is 2.97. The van der Waals surface area contributed by atoms with Crippen molar-refractivity contribution in [3.8, 4) is 0 Å². The predicted molar refractivity (Wildman–Crippen MR) is 49.0 cm³/mol. The summed E-state index contributed by atoms with van der Waals surface area (Å²) in [7, 11) is 0. The highest BCUT2D eigenvalue weighted by molar-refractivity contribution is 5.83. The topological polar surface area (TPSA) is 38.4 Å². The molecule has 0 radical (unpaired) electrons. The zero-order chi connectivity index (χ0) is 10.3. The Hall–Kier alpha value is -0.670. The molecule has 0 saturated heterocycles. The summed E-state index contributed by atoms with van der Waals surface area (Å²) < 4.78 is 25.9. The molecule has 0 fully saturated rings. The Morgan fingerprint density at radius 2 is 2.00 bits per heavy atom. The van der Waals surface area contributed by atoms with Crippen LogP contribution in [-0.2, 0) is 0 Å². The van der Waals surface area contributed by atoms with Crippen LogP contribution in [0.5, 0.6) is 0 Å². The first-order valence-corrected chi connectivity index (χ1v) is 4.36. The van der Waals surface area contributed by atoms with Gasteiger partial charge in [-0.3, -0.25) is 4.99 Å². The van der Waals surface area contributed by atoms with E-state index in [1.165, 1.54) is 0 Å². The first-order chi connectivity index (χ1) is 5.79. The zero-order valence-corrected chi connectivity index (χ0v) is 8.27. The molecule has 2 N–H and O–H groups in total. The fourth-order valence-electron chi connectivity index (χ4n) is 1.65. The van der Waals surface area contributed by atoms with E-state index in [-0.39, 0.29) is 13.0 Å². The number of alkyl halides is 2. The molecule has 1 aliphatic rings. The van der Waals surface area contributed by atoms with Crippen molar-refractivity contribution in [2.75, 3.05) is 6.54 Å². The van der Waals surface area contributed by atoms with Gasteiger partial charge in [-0.25, -0.2) is 8.78 Å². The van der Waals surface area contributed by atoms with Gasteiger partial charge in [0.2, 0.25) is 6.43 Å². The molecule has 1 heterocycles. The van der Waals surface area contributed by atoms with Gasteiger partial charge in [0.05, 0.1) is 17.8 Å². The molecular formula is C9H16F2N2. The van der Waals surface area contributed by atoms with E-state index in [1.54, 1.807) is 0 Å². The summed E-state index contributed by atoms with van der Waals surface area (Å²) in [5, 5.41) is 0. The van der Waals surface area contributed by atoms with Crippen molar-refractivity contribution in [2.24, 2.45) is 21.6 Å². The molecule has 1 unspecified atom stereocenters. The van der Waals surface area contributed by atoms with Crippen molar-refractivity contribution < 1.29 is 8.78 Å². The summed E-state index contributed by atoms with van der Waals surface area (Å²) in [6, 6.07) is 0. The second-order valence-corrected chi connectivity index (χ2v) is 4.69. The van der Waals surface area contributed by atoms with Crippen LogP contribution in [0.4, 0.5) is 8.78 Å². The second-order valence-electron chi connectivity index (χ2n) is 4.69. The summed E-state index contributed by atoms with van der Waals surface area (Å²) in [6.45, 7) is 5.59. The minimum atomic E-state index is -2.36. The van der Waals surface area contributed by atoms with Crippen molar-refractivity contribution in [1.82, 2.24) is 0 Å². The lowest BCUT2D eigenvalue weighted by molar-refractivity contribution is -0.0617. The van der Waals surface area contributed by atoms with Crippen LogP contribution in [0.1, 0.15) is 27.2 Å². The molecule has 4 heteroatoms. The van der Waals surface area contributed by atoms with Gasteiger partial charge in [0.25, 0.3) is 0 Å². The normalized spacial score (nSPS) is 29.5. The highest BCUT2D eigenvalue weighted by atomic mass is 19.3. The first kappa shape index (κ1) is 10.4. The van der Waals surface area contributed by atoms with Crippen LogP contribution in [0.2, 0.25) is 0 Å². The Bertz CT molecular complexity index is 230. The lowest BCUT2D eigenvalue weighted by Crippen LogP contribution is -2.43. The van der Waals surface area contributed by atoms with Gasteiger partial charge in [-0.05, 0) is 5.41 Å².